The zero-order valence-electron chi connectivity index (χ0n) is 9.67. The summed E-state index contributed by atoms with van der Waals surface area (Å²) >= 11 is 0. The number of nitrogens with zero attached hydrogens (tertiary/aromatic N) is 1. The molecule has 3 N–H and O–H groups in total. The van der Waals surface area contributed by atoms with Gasteiger partial charge >= 0.3 is 5.97 Å². The van der Waals surface area contributed by atoms with Gasteiger partial charge in [-0.2, -0.15) is 0 Å². The minimum absolute atomic E-state index is 0.319. The monoisotopic (exact) mass is 242 g/mol. The molecule has 0 aromatic heterocycles. The van der Waals surface area contributed by atoms with E-state index in [4.69, 9.17) is 10.8 Å². The van der Waals surface area contributed by atoms with Gasteiger partial charge in [0.05, 0.1) is 6.04 Å². The van der Waals surface area contributed by atoms with Crippen molar-refractivity contribution in [1.82, 2.24) is 4.90 Å². The van der Waals surface area contributed by atoms with Crippen LogP contribution in [0.4, 0.5) is 0 Å². The van der Waals surface area contributed by atoms with Crippen LogP contribution in [0.1, 0.15) is 32.1 Å². The summed E-state index contributed by atoms with van der Waals surface area (Å²) < 4.78 is 0. The molecule has 1 heterocycles. The number of carbonyl (C=O) groups excluding carboxylic acids is 2. The van der Waals surface area contributed by atoms with Crippen molar-refractivity contribution in [2.75, 3.05) is 6.54 Å². The molecule has 0 radical (unpaired) electrons. The number of aldehydes is 1. The predicted octanol–water partition coefficient (Wildman–Crippen LogP) is -0.242. The minimum Gasteiger partial charge on any atom is -0.480 e. The van der Waals surface area contributed by atoms with E-state index in [0.29, 0.717) is 38.6 Å². The lowest BCUT2D eigenvalue weighted by atomic mass is 10.1. The zero-order chi connectivity index (χ0) is 12.8. The average molecular weight is 242 g/mol. The predicted molar refractivity (Wildman–Crippen MR) is 60.3 cm³/mol. The highest BCUT2D eigenvalue weighted by molar-refractivity contribution is 5.87. The van der Waals surface area contributed by atoms with E-state index in [0.717, 1.165) is 6.29 Å². The normalized spacial score (nSPS) is 21.2. The SMILES string of the molecule is NC(CCCC=O)C(=O)N1CCC[C@H]1C(=O)O. The van der Waals surface area contributed by atoms with Crippen molar-refractivity contribution in [3.8, 4) is 0 Å². The second-order valence-electron chi connectivity index (χ2n) is 4.23. The first-order valence-corrected chi connectivity index (χ1v) is 5.80. The fourth-order valence-electron chi connectivity index (χ4n) is 2.04. The van der Waals surface area contributed by atoms with E-state index in [9.17, 15) is 14.4 Å². The maximum atomic E-state index is 11.9. The number of likely N-dealkylation sites (tertiary alicyclic amines) is 1. The quantitative estimate of drug-likeness (QED) is 0.494. The summed E-state index contributed by atoms with van der Waals surface area (Å²) in [6.07, 6.45) is 3.32. The summed E-state index contributed by atoms with van der Waals surface area (Å²) in [7, 11) is 0. The fourth-order valence-corrected chi connectivity index (χ4v) is 2.04. The number of hydrogen-bond donors (Lipinski definition) is 2. The topological polar surface area (TPSA) is 101 Å². The van der Waals surface area contributed by atoms with E-state index in [2.05, 4.69) is 0 Å². The first kappa shape index (κ1) is 13.6. The molecular formula is C11H18N2O4. The number of rotatable bonds is 6. The number of unbranched alkanes of at least 4 members (excludes halogenated alkanes) is 1. The van der Waals surface area contributed by atoms with Crippen molar-refractivity contribution >= 4 is 18.2 Å². The smallest absolute Gasteiger partial charge is 0.326 e. The van der Waals surface area contributed by atoms with E-state index in [1.807, 2.05) is 0 Å². The molecule has 1 rings (SSSR count). The van der Waals surface area contributed by atoms with Gasteiger partial charge in [-0.15, -0.1) is 0 Å². The molecular weight excluding hydrogens is 224 g/mol. The molecule has 1 amide bonds. The molecule has 1 fully saturated rings. The van der Waals surface area contributed by atoms with Crippen LogP contribution >= 0.6 is 0 Å². The van der Waals surface area contributed by atoms with Crippen LogP contribution in [0.5, 0.6) is 0 Å². The third kappa shape index (κ3) is 3.52. The van der Waals surface area contributed by atoms with Crippen molar-refractivity contribution in [3.05, 3.63) is 0 Å². The molecule has 0 spiro atoms. The number of nitrogens with two attached hydrogens (primary N) is 1. The van der Waals surface area contributed by atoms with Gasteiger partial charge in [-0.1, -0.05) is 0 Å². The van der Waals surface area contributed by atoms with Crippen LogP contribution in [0.25, 0.3) is 0 Å². The van der Waals surface area contributed by atoms with E-state index in [1.54, 1.807) is 0 Å². The van der Waals surface area contributed by atoms with Gasteiger partial charge in [0.25, 0.3) is 0 Å². The zero-order valence-corrected chi connectivity index (χ0v) is 9.67. The number of amides is 1. The standard InChI is InChI=1S/C11H18N2O4/c12-8(4-1-2-7-14)10(15)13-6-3-5-9(13)11(16)17/h7-9H,1-6,12H2,(H,16,17)/t8?,9-/m0/s1. The molecule has 1 saturated heterocycles. The second-order valence-corrected chi connectivity index (χ2v) is 4.23. The average Bonchev–Trinajstić information content (AvgIpc) is 2.77. The molecule has 0 aliphatic carbocycles. The Morgan fingerprint density at radius 2 is 2.24 bits per heavy atom. The molecule has 1 aliphatic heterocycles. The van der Waals surface area contributed by atoms with Crippen LogP contribution in [0.15, 0.2) is 0 Å². The highest BCUT2D eigenvalue weighted by atomic mass is 16.4. The number of carboxylic acids is 1. The second kappa shape index (κ2) is 6.34. The van der Waals surface area contributed by atoms with Crippen molar-refractivity contribution in [2.45, 2.75) is 44.2 Å². The van der Waals surface area contributed by atoms with Gasteiger partial charge in [0, 0.05) is 13.0 Å². The highest BCUT2D eigenvalue weighted by Gasteiger charge is 2.35. The number of aliphatic carboxylic acids is 1. The molecule has 96 valence electrons. The molecule has 0 aromatic carbocycles. The van der Waals surface area contributed by atoms with Gasteiger partial charge < -0.3 is 20.5 Å². The Labute approximate surface area is 99.8 Å². The van der Waals surface area contributed by atoms with Gasteiger partial charge in [0.15, 0.2) is 0 Å². The summed E-state index contributed by atoms with van der Waals surface area (Å²) in [5, 5.41) is 8.95. The van der Waals surface area contributed by atoms with Crippen molar-refractivity contribution in [1.29, 1.82) is 0 Å². The lowest BCUT2D eigenvalue weighted by molar-refractivity contribution is -0.148. The Morgan fingerprint density at radius 3 is 2.82 bits per heavy atom. The molecule has 2 atom stereocenters. The van der Waals surface area contributed by atoms with Gasteiger partial charge in [-0.3, -0.25) is 4.79 Å². The fraction of sp³-hybridized carbons (Fsp3) is 0.727. The van der Waals surface area contributed by atoms with Crippen LogP contribution in [-0.4, -0.2) is 46.8 Å². The molecule has 1 unspecified atom stereocenters. The van der Waals surface area contributed by atoms with Crippen molar-refractivity contribution < 1.29 is 19.5 Å². The summed E-state index contributed by atoms with van der Waals surface area (Å²) in [5.74, 6) is -1.29. The van der Waals surface area contributed by atoms with Crippen LogP contribution in [0, 0.1) is 0 Å². The lowest BCUT2D eigenvalue weighted by Crippen LogP contribution is -2.48. The van der Waals surface area contributed by atoms with Crippen LogP contribution in [-0.2, 0) is 14.4 Å². The van der Waals surface area contributed by atoms with E-state index >= 15 is 0 Å². The van der Waals surface area contributed by atoms with Crippen LogP contribution < -0.4 is 5.73 Å². The maximum Gasteiger partial charge on any atom is 0.326 e. The maximum absolute atomic E-state index is 11.9. The Morgan fingerprint density at radius 1 is 1.53 bits per heavy atom. The molecule has 6 heteroatoms. The first-order valence-electron chi connectivity index (χ1n) is 5.80. The van der Waals surface area contributed by atoms with Gasteiger partial charge in [-0.05, 0) is 25.7 Å². The van der Waals surface area contributed by atoms with E-state index in [-0.39, 0.29) is 5.91 Å². The van der Waals surface area contributed by atoms with E-state index < -0.39 is 18.1 Å². The Balaban J connectivity index is 2.50. The van der Waals surface area contributed by atoms with Gasteiger partial charge in [0.1, 0.15) is 12.3 Å². The lowest BCUT2D eigenvalue weighted by Gasteiger charge is -2.24. The van der Waals surface area contributed by atoms with E-state index in [1.165, 1.54) is 4.90 Å². The summed E-state index contributed by atoms with van der Waals surface area (Å²) in [4.78, 5) is 34.3. The van der Waals surface area contributed by atoms with Gasteiger partial charge in [-0.25, -0.2) is 4.79 Å². The van der Waals surface area contributed by atoms with Crippen LogP contribution in [0.3, 0.4) is 0 Å². The van der Waals surface area contributed by atoms with Gasteiger partial charge in [0.2, 0.25) is 5.91 Å². The van der Waals surface area contributed by atoms with Crippen LogP contribution in [0.2, 0.25) is 0 Å². The molecule has 17 heavy (non-hydrogen) atoms. The Kier molecular flexibility index (Phi) is 5.09. The highest BCUT2D eigenvalue weighted by Crippen LogP contribution is 2.19. The first-order chi connectivity index (χ1) is 8.07. The number of carboxylic acid groups (broad SMARTS) is 1. The molecule has 1 aliphatic rings. The summed E-state index contributed by atoms with van der Waals surface area (Å²) in [6.45, 7) is 0.456. The number of carbonyl (C=O) groups is 3. The largest absolute Gasteiger partial charge is 0.480 e. The number of hydrogen-bond acceptors (Lipinski definition) is 4. The molecule has 0 aromatic rings. The van der Waals surface area contributed by atoms with Crippen molar-refractivity contribution in [2.24, 2.45) is 5.73 Å². The minimum atomic E-state index is -0.976. The molecule has 0 saturated carbocycles. The third-order valence-electron chi connectivity index (χ3n) is 2.98. The third-order valence-corrected chi connectivity index (χ3v) is 2.98. The van der Waals surface area contributed by atoms with Crippen molar-refractivity contribution in [3.63, 3.8) is 0 Å². The Hall–Kier alpha value is -1.43. The summed E-state index contributed by atoms with van der Waals surface area (Å²) in [5.41, 5.74) is 5.70. The molecule has 6 nitrogen and oxygen atoms in total. The molecule has 0 bridgehead atoms. The summed E-state index contributed by atoms with van der Waals surface area (Å²) in [6, 6.07) is -1.44. The Bertz CT molecular complexity index is 306.